The number of carbonyl (C=O) groups is 1. The second-order valence-electron chi connectivity index (χ2n) is 7.84. The molecule has 1 amide bonds. The van der Waals surface area contributed by atoms with Gasteiger partial charge in [-0.2, -0.15) is 5.26 Å². The molecule has 0 aliphatic rings. The van der Waals surface area contributed by atoms with Crippen molar-refractivity contribution in [3.8, 4) is 6.07 Å². The Kier molecular flexibility index (Phi) is 6.29. The van der Waals surface area contributed by atoms with Gasteiger partial charge in [0.1, 0.15) is 5.69 Å². The fourth-order valence-electron chi connectivity index (χ4n) is 3.71. The van der Waals surface area contributed by atoms with E-state index in [1.165, 1.54) is 0 Å². The second-order valence-corrected chi connectivity index (χ2v) is 8.70. The summed E-state index contributed by atoms with van der Waals surface area (Å²) < 4.78 is 2.94. The molecule has 0 unspecified atom stereocenters. The van der Waals surface area contributed by atoms with Crippen LogP contribution in [0.4, 0.5) is 5.69 Å². The zero-order valence-electron chi connectivity index (χ0n) is 18.0. The first-order valence-corrected chi connectivity index (χ1v) is 11.1. The number of benzene rings is 3. The molecule has 0 atom stereocenters. The van der Waals surface area contributed by atoms with Crippen LogP contribution in [-0.2, 0) is 13.1 Å². The van der Waals surface area contributed by atoms with Gasteiger partial charge in [0.15, 0.2) is 0 Å². The number of anilines is 1. The molecule has 0 aliphatic carbocycles. The van der Waals surface area contributed by atoms with E-state index in [1.54, 1.807) is 6.07 Å². The maximum Gasteiger partial charge on any atom is 0.268 e. The Morgan fingerprint density at radius 3 is 2.50 bits per heavy atom. The van der Waals surface area contributed by atoms with Gasteiger partial charge in [0.25, 0.3) is 5.91 Å². The Hall–Kier alpha value is -3.56. The molecule has 5 nitrogen and oxygen atoms in total. The summed E-state index contributed by atoms with van der Waals surface area (Å²) in [6.07, 6.45) is 0. The summed E-state index contributed by atoms with van der Waals surface area (Å²) in [5, 5.41) is 13.3. The highest BCUT2D eigenvalue weighted by atomic mass is 79.9. The number of halogens is 1. The maximum absolute atomic E-state index is 13.2. The van der Waals surface area contributed by atoms with E-state index in [2.05, 4.69) is 27.3 Å². The number of nitrogens with zero attached hydrogens (tertiary/aromatic N) is 3. The molecule has 0 bridgehead atoms. The molecule has 0 saturated carbocycles. The van der Waals surface area contributed by atoms with Crippen LogP contribution in [0, 0.1) is 11.3 Å². The summed E-state index contributed by atoms with van der Waals surface area (Å²) in [4.78, 5) is 15.2. The van der Waals surface area contributed by atoms with Gasteiger partial charge in [0.2, 0.25) is 0 Å². The third kappa shape index (κ3) is 4.53. The molecule has 1 aromatic heterocycles. The van der Waals surface area contributed by atoms with E-state index in [0.717, 1.165) is 32.2 Å². The highest BCUT2D eigenvalue weighted by Gasteiger charge is 2.17. The average Bonchev–Trinajstić information content (AvgIpc) is 3.17. The summed E-state index contributed by atoms with van der Waals surface area (Å²) in [6, 6.07) is 25.6. The van der Waals surface area contributed by atoms with Crippen molar-refractivity contribution in [1.82, 2.24) is 9.88 Å². The van der Waals surface area contributed by atoms with Crippen LogP contribution in [-0.4, -0.2) is 24.6 Å². The number of nitrogens with one attached hydrogen (secondary N) is 1. The molecule has 160 valence electrons. The van der Waals surface area contributed by atoms with Crippen molar-refractivity contribution in [1.29, 1.82) is 5.26 Å². The first-order valence-electron chi connectivity index (χ1n) is 10.3. The number of hydrogen-bond acceptors (Lipinski definition) is 3. The smallest absolute Gasteiger partial charge is 0.268 e. The van der Waals surface area contributed by atoms with E-state index in [4.69, 9.17) is 0 Å². The van der Waals surface area contributed by atoms with Crippen molar-refractivity contribution in [3.63, 3.8) is 0 Å². The highest BCUT2D eigenvalue weighted by molar-refractivity contribution is 9.10. The van der Waals surface area contributed by atoms with Gasteiger partial charge in [-0.3, -0.25) is 4.79 Å². The van der Waals surface area contributed by atoms with Gasteiger partial charge in [0, 0.05) is 42.7 Å². The molecular formula is C26H23BrN4O. The number of hydrogen-bond donors (Lipinski definition) is 1. The predicted molar refractivity (Wildman–Crippen MR) is 132 cm³/mol. The Bertz CT molecular complexity index is 1320. The van der Waals surface area contributed by atoms with Gasteiger partial charge in [-0.15, -0.1) is 0 Å². The first-order chi connectivity index (χ1) is 15.5. The molecule has 6 heteroatoms. The zero-order valence-corrected chi connectivity index (χ0v) is 19.6. The first kappa shape index (κ1) is 21.7. The fourth-order valence-corrected chi connectivity index (χ4v) is 4.18. The predicted octanol–water partition coefficient (Wildman–Crippen LogP) is 5.32. The largest absolute Gasteiger partial charge is 0.378 e. The monoisotopic (exact) mass is 486 g/mol. The quantitative estimate of drug-likeness (QED) is 0.401. The van der Waals surface area contributed by atoms with Gasteiger partial charge in [0.05, 0.1) is 17.1 Å². The molecule has 4 aromatic rings. The Morgan fingerprint density at radius 1 is 1.03 bits per heavy atom. The Labute approximate surface area is 196 Å². The van der Waals surface area contributed by atoms with Gasteiger partial charge in [-0.1, -0.05) is 46.3 Å². The molecule has 0 spiro atoms. The number of carbonyl (C=O) groups excluding carboxylic acids is 1. The van der Waals surface area contributed by atoms with E-state index in [9.17, 15) is 10.1 Å². The molecule has 4 rings (SSSR count). The van der Waals surface area contributed by atoms with Gasteiger partial charge in [-0.25, -0.2) is 0 Å². The van der Waals surface area contributed by atoms with Crippen molar-refractivity contribution in [3.05, 3.63) is 99.7 Å². The number of nitriles is 1. The number of aromatic nitrogens is 1. The summed E-state index contributed by atoms with van der Waals surface area (Å²) in [7, 11) is 4.00. The van der Waals surface area contributed by atoms with E-state index in [0.29, 0.717) is 24.3 Å². The molecule has 1 N–H and O–H groups in total. The van der Waals surface area contributed by atoms with Crippen LogP contribution in [0.2, 0.25) is 0 Å². The SMILES string of the molecule is CN(C)c1ccc(CNC(=O)c2cc3c(Br)cccc3n2Cc2cccc(C#N)c2)cc1. The fraction of sp³-hybridized carbons (Fsp3) is 0.154. The van der Waals surface area contributed by atoms with Crippen molar-refractivity contribution >= 4 is 38.4 Å². The van der Waals surface area contributed by atoms with Crippen LogP contribution in [0.15, 0.2) is 77.3 Å². The van der Waals surface area contributed by atoms with Crippen LogP contribution in [0.25, 0.3) is 10.9 Å². The minimum Gasteiger partial charge on any atom is -0.378 e. The van der Waals surface area contributed by atoms with Crippen LogP contribution in [0.1, 0.15) is 27.2 Å². The van der Waals surface area contributed by atoms with E-state index in [-0.39, 0.29) is 5.91 Å². The van der Waals surface area contributed by atoms with E-state index >= 15 is 0 Å². The van der Waals surface area contributed by atoms with Crippen molar-refractivity contribution in [2.24, 2.45) is 0 Å². The number of amides is 1. The molecular weight excluding hydrogens is 464 g/mol. The highest BCUT2D eigenvalue weighted by Crippen LogP contribution is 2.28. The van der Waals surface area contributed by atoms with Crippen LogP contribution >= 0.6 is 15.9 Å². The van der Waals surface area contributed by atoms with Crippen LogP contribution in [0.5, 0.6) is 0 Å². The van der Waals surface area contributed by atoms with Crippen molar-refractivity contribution in [2.75, 3.05) is 19.0 Å². The lowest BCUT2D eigenvalue weighted by molar-refractivity contribution is 0.0942. The van der Waals surface area contributed by atoms with Crippen LogP contribution < -0.4 is 10.2 Å². The minimum absolute atomic E-state index is 0.138. The van der Waals surface area contributed by atoms with Crippen molar-refractivity contribution < 1.29 is 4.79 Å². The average molecular weight is 487 g/mol. The van der Waals surface area contributed by atoms with E-state index in [1.807, 2.05) is 90.3 Å². The van der Waals surface area contributed by atoms with E-state index < -0.39 is 0 Å². The van der Waals surface area contributed by atoms with Gasteiger partial charge < -0.3 is 14.8 Å². The summed E-state index contributed by atoms with van der Waals surface area (Å²) >= 11 is 3.60. The zero-order chi connectivity index (χ0) is 22.7. The molecule has 0 saturated heterocycles. The summed E-state index contributed by atoms with van der Waals surface area (Å²) in [6.45, 7) is 0.939. The molecule has 1 heterocycles. The summed E-state index contributed by atoms with van der Waals surface area (Å²) in [5.41, 5.74) is 5.27. The Balaban J connectivity index is 1.63. The number of fused-ring (bicyclic) bond motifs is 1. The lowest BCUT2D eigenvalue weighted by atomic mass is 10.1. The molecule has 0 aliphatic heterocycles. The third-order valence-corrected chi connectivity index (χ3v) is 6.12. The Morgan fingerprint density at radius 2 is 1.78 bits per heavy atom. The molecule has 32 heavy (non-hydrogen) atoms. The number of rotatable bonds is 6. The normalized spacial score (nSPS) is 10.7. The van der Waals surface area contributed by atoms with Gasteiger partial charge >= 0.3 is 0 Å². The molecule has 0 radical (unpaired) electrons. The second kappa shape index (κ2) is 9.29. The summed E-state index contributed by atoms with van der Waals surface area (Å²) in [5.74, 6) is -0.138. The lowest BCUT2D eigenvalue weighted by Gasteiger charge is -2.14. The van der Waals surface area contributed by atoms with Crippen molar-refractivity contribution in [2.45, 2.75) is 13.1 Å². The minimum atomic E-state index is -0.138. The topological polar surface area (TPSA) is 61.1 Å². The standard InChI is InChI=1S/C26H23BrN4O/c1-30(2)21-11-9-18(10-12-21)16-29-26(32)25-14-22-23(27)7-4-8-24(22)31(25)17-20-6-3-5-19(13-20)15-28/h3-14H,16-17H2,1-2H3,(H,29,32). The van der Waals surface area contributed by atoms with Gasteiger partial charge in [-0.05, 0) is 53.6 Å². The van der Waals surface area contributed by atoms with Crippen LogP contribution in [0.3, 0.4) is 0 Å². The molecule has 3 aromatic carbocycles. The lowest BCUT2D eigenvalue weighted by Crippen LogP contribution is -2.25. The maximum atomic E-state index is 13.2. The third-order valence-electron chi connectivity index (χ3n) is 5.43. The molecule has 0 fully saturated rings.